The Morgan fingerprint density at radius 2 is 1.69 bits per heavy atom. The van der Waals surface area contributed by atoms with E-state index in [1.54, 1.807) is 36.3 Å². The molecule has 0 saturated carbocycles. The summed E-state index contributed by atoms with van der Waals surface area (Å²) in [5.41, 5.74) is 3.35. The summed E-state index contributed by atoms with van der Waals surface area (Å²) < 4.78 is 5.18. The van der Waals surface area contributed by atoms with Crippen molar-refractivity contribution in [3.8, 4) is 5.75 Å². The molecule has 5 heteroatoms. The van der Waals surface area contributed by atoms with Gasteiger partial charge in [-0.15, -0.1) is 0 Å². The van der Waals surface area contributed by atoms with Crippen molar-refractivity contribution < 1.29 is 9.53 Å². The number of halogens is 1. The summed E-state index contributed by atoms with van der Waals surface area (Å²) >= 11 is 6.02. The lowest BCUT2D eigenvalue weighted by Crippen LogP contribution is -2.34. The quantitative estimate of drug-likeness (QED) is 0.701. The number of methoxy groups -OCH3 is 1. The fraction of sp³-hybridized carbons (Fsp3) is 0.0952. The van der Waals surface area contributed by atoms with Crippen LogP contribution in [0.5, 0.6) is 5.75 Å². The third kappa shape index (κ3) is 2.89. The molecule has 26 heavy (non-hydrogen) atoms. The second kappa shape index (κ2) is 6.73. The van der Waals surface area contributed by atoms with Crippen LogP contribution in [0.4, 0.5) is 11.4 Å². The van der Waals surface area contributed by atoms with Gasteiger partial charge in [0.2, 0.25) is 0 Å². The first-order chi connectivity index (χ1) is 12.7. The monoisotopic (exact) mass is 364 g/mol. The van der Waals surface area contributed by atoms with Gasteiger partial charge in [-0.1, -0.05) is 35.9 Å². The molecule has 1 aliphatic rings. The van der Waals surface area contributed by atoms with E-state index in [0.717, 1.165) is 22.7 Å². The Labute approximate surface area is 157 Å². The topological polar surface area (TPSA) is 41.6 Å². The molecule has 0 aromatic heterocycles. The predicted octanol–water partition coefficient (Wildman–Crippen LogP) is 5.12. The molecule has 1 amide bonds. The Bertz CT molecular complexity index is 939. The Balaban J connectivity index is 1.75. The molecule has 4 nitrogen and oxygen atoms in total. The van der Waals surface area contributed by atoms with E-state index in [1.165, 1.54) is 0 Å². The molecular formula is C21H17ClN2O2. The van der Waals surface area contributed by atoms with E-state index < -0.39 is 0 Å². The first-order valence-corrected chi connectivity index (χ1v) is 8.64. The maximum absolute atomic E-state index is 13.3. The number of anilines is 2. The minimum Gasteiger partial charge on any atom is -0.497 e. The fourth-order valence-electron chi connectivity index (χ4n) is 3.13. The van der Waals surface area contributed by atoms with Crippen molar-refractivity contribution in [2.45, 2.75) is 6.17 Å². The number of amides is 1. The van der Waals surface area contributed by atoms with E-state index in [4.69, 9.17) is 16.3 Å². The molecule has 0 bridgehead atoms. The first kappa shape index (κ1) is 16.5. The van der Waals surface area contributed by atoms with Gasteiger partial charge in [0.1, 0.15) is 11.9 Å². The maximum Gasteiger partial charge on any atom is 0.260 e. The van der Waals surface area contributed by atoms with Gasteiger partial charge in [0.05, 0.1) is 18.5 Å². The van der Waals surface area contributed by atoms with Crippen molar-refractivity contribution in [3.05, 3.63) is 88.9 Å². The highest BCUT2D eigenvalue weighted by atomic mass is 35.5. The molecule has 3 aromatic carbocycles. The van der Waals surface area contributed by atoms with Crippen LogP contribution in [-0.2, 0) is 0 Å². The van der Waals surface area contributed by atoms with Crippen molar-refractivity contribution in [1.82, 2.24) is 0 Å². The molecule has 0 saturated heterocycles. The van der Waals surface area contributed by atoms with Gasteiger partial charge < -0.3 is 10.1 Å². The van der Waals surface area contributed by atoms with Crippen molar-refractivity contribution in [2.24, 2.45) is 0 Å². The van der Waals surface area contributed by atoms with E-state index in [-0.39, 0.29) is 12.1 Å². The van der Waals surface area contributed by atoms with Crippen LogP contribution in [0, 0.1) is 0 Å². The number of nitrogens with zero attached hydrogens (tertiary/aromatic N) is 1. The number of carbonyl (C=O) groups is 1. The predicted molar refractivity (Wildman–Crippen MR) is 104 cm³/mol. The molecule has 4 rings (SSSR count). The normalized spacial score (nSPS) is 15.3. The van der Waals surface area contributed by atoms with Gasteiger partial charge in [0.15, 0.2) is 0 Å². The van der Waals surface area contributed by atoms with Crippen molar-refractivity contribution in [3.63, 3.8) is 0 Å². The second-order valence-electron chi connectivity index (χ2n) is 6.02. The van der Waals surface area contributed by atoms with E-state index in [0.29, 0.717) is 10.6 Å². The minimum absolute atomic E-state index is 0.0787. The Hall–Kier alpha value is -2.98. The van der Waals surface area contributed by atoms with Crippen LogP contribution < -0.4 is 15.0 Å². The Morgan fingerprint density at radius 3 is 2.38 bits per heavy atom. The highest BCUT2D eigenvalue weighted by molar-refractivity contribution is 6.30. The first-order valence-electron chi connectivity index (χ1n) is 8.26. The average Bonchev–Trinajstić information content (AvgIpc) is 3.07. The van der Waals surface area contributed by atoms with Crippen molar-refractivity contribution >= 4 is 28.9 Å². The molecule has 1 N–H and O–H groups in total. The molecule has 1 atom stereocenters. The van der Waals surface area contributed by atoms with Crippen LogP contribution >= 0.6 is 11.6 Å². The van der Waals surface area contributed by atoms with Gasteiger partial charge >= 0.3 is 0 Å². The Kier molecular flexibility index (Phi) is 4.27. The van der Waals surface area contributed by atoms with Gasteiger partial charge in [-0.25, -0.2) is 0 Å². The van der Waals surface area contributed by atoms with Gasteiger partial charge in [-0.2, -0.15) is 0 Å². The number of benzene rings is 3. The largest absolute Gasteiger partial charge is 0.497 e. The summed E-state index contributed by atoms with van der Waals surface area (Å²) in [6.07, 6.45) is -0.292. The van der Waals surface area contributed by atoms with Crippen LogP contribution in [0.3, 0.4) is 0 Å². The summed E-state index contributed by atoms with van der Waals surface area (Å²) in [4.78, 5) is 15.1. The fourth-order valence-corrected chi connectivity index (χ4v) is 3.26. The molecule has 1 unspecified atom stereocenters. The average molecular weight is 365 g/mol. The summed E-state index contributed by atoms with van der Waals surface area (Å²) in [6, 6.07) is 22.5. The van der Waals surface area contributed by atoms with Crippen LogP contribution in [0.2, 0.25) is 5.02 Å². The lowest BCUT2D eigenvalue weighted by molar-refractivity contribution is 0.0981. The zero-order chi connectivity index (χ0) is 18.1. The molecule has 0 spiro atoms. The highest BCUT2D eigenvalue weighted by Crippen LogP contribution is 2.42. The third-order valence-corrected chi connectivity index (χ3v) is 4.71. The second-order valence-corrected chi connectivity index (χ2v) is 6.46. The summed E-state index contributed by atoms with van der Waals surface area (Å²) in [5.74, 6) is 0.640. The van der Waals surface area contributed by atoms with Crippen molar-refractivity contribution in [1.29, 1.82) is 0 Å². The van der Waals surface area contributed by atoms with Crippen LogP contribution in [0.15, 0.2) is 72.8 Å². The molecule has 130 valence electrons. The highest BCUT2D eigenvalue weighted by Gasteiger charge is 2.34. The van der Waals surface area contributed by atoms with Crippen LogP contribution in [-0.4, -0.2) is 13.0 Å². The smallest absolute Gasteiger partial charge is 0.260 e. The SMILES string of the molecule is COc1ccc(C(=O)N2c3ccccc3NC2c2ccc(Cl)cc2)cc1. The third-order valence-electron chi connectivity index (χ3n) is 4.46. The lowest BCUT2D eigenvalue weighted by Gasteiger charge is -2.25. The van der Waals surface area contributed by atoms with Gasteiger partial charge in [0.25, 0.3) is 5.91 Å². The molecule has 1 aliphatic heterocycles. The maximum atomic E-state index is 13.3. The zero-order valence-electron chi connectivity index (χ0n) is 14.1. The summed E-state index contributed by atoms with van der Waals surface area (Å²) in [6.45, 7) is 0. The summed E-state index contributed by atoms with van der Waals surface area (Å²) in [7, 11) is 1.61. The van der Waals surface area contributed by atoms with E-state index in [1.807, 2.05) is 48.5 Å². The minimum atomic E-state index is -0.292. The zero-order valence-corrected chi connectivity index (χ0v) is 14.9. The molecular weight excluding hydrogens is 348 g/mol. The number of hydrogen-bond donors (Lipinski definition) is 1. The number of fused-ring (bicyclic) bond motifs is 1. The number of carbonyl (C=O) groups excluding carboxylic acids is 1. The molecule has 0 fully saturated rings. The van der Waals surface area contributed by atoms with E-state index in [2.05, 4.69) is 5.32 Å². The molecule has 1 heterocycles. The van der Waals surface area contributed by atoms with Crippen LogP contribution in [0.25, 0.3) is 0 Å². The van der Waals surface area contributed by atoms with E-state index >= 15 is 0 Å². The number of nitrogens with one attached hydrogen (secondary N) is 1. The van der Waals surface area contributed by atoms with E-state index in [9.17, 15) is 4.79 Å². The lowest BCUT2D eigenvalue weighted by atomic mass is 10.1. The van der Waals surface area contributed by atoms with Gasteiger partial charge in [0, 0.05) is 10.6 Å². The molecule has 0 radical (unpaired) electrons. The number of para-hydroxylation sites is 2. The van der Waals surface area contributed by atoms with Gasteiger partial charge in [-0.3, -0.25) is 9.69 Å². The molecule has 3 aromatic rings. The number of ether oxygens (including phenoxy) is 1. The Morgan fingerprint density at radius 1 is 1.00 bits per heavy atom. The van der Waals surface area contributed by atoms with Gasteiger partial charge in [-0.05, 0) is 54.1 Å². The van der Waals surface area contributed by atoms with Crippen molar-refractivity contribution in [2.75, 3.05) is 17.3 Å². The molecule has 0 aliphatic carbocycles. The standard InChI is InChI=1S/C21H17ClN2O2/c1-26-17-12-8-15(9-13-17)21(25)24-19-5-3-2-4-18(19)23-20(24)14-6-10-16(22)11-7-14/h2-13,20,23H,1H3. The van der Waals surface area contributed by atoms with Crippen LogP contribution in [0.1, 0.15) is 22.1 Å². The number of rotatable bonds is 3. The summed E-state index contributed by atoms with van der Waals surface area (Å²) in [5, 5.41) is 4.10. The number of hydrogen-bond acceptors (Lipinski definition) is 3.